The minimum absolute atomic E-state index is 0.133. The highest BCUT2D eigenvalue weighted by Crippen LogP contribution is 2.47. The average molecular weight is 396 g/mol. The van der Waals surface area contributed by atoms with Crippen molar-refractivity contribution in [2.45, 2.75) is 59.0 Å². The Labute approximate surface area is 172 Å². The maximum absolute atomic E-state index is 13.0. The largest absolute Gasteiger partial charge is 0.488 e. The summed E-state index contributed by atoms with van der Waals surface area (Å²) in [5.41, 5.74) is 3.30. The molecule has 0 amide bonds. The number of hydrogen-bond acceptors (Lipinski definition) is 5. The summed E-state index contributed by atoms with van der Waals surface area (Å²) in [6.07, 6.45) is 0.848. The monoisotopic (exact) mass is 396 g/mol. The molecule has 0 saturated carbocycles. The van der Waals surface area contributed by atoms with Gasteiger partial charge in [0.05, 0.1) is 18.2 Å². The van der Waals surface area contributed by atoms with E-state index in [4.69, 9.17) is 9.47 Å². The van der Waals surface area contributed by atoms with Crippen LogP contribution in [0.25, 0.3) is 0 Å². The van der Waals surface area contributed by atoms with Gasteiger partial charge in [0.25, 0.3) is 0 Å². The van der Waals surface area contributed by atoms with Crippen LogP contribution in [0.1, 0.15) is 71.5 Å². The number of rotatable bonds is 3. The Morgan fingerprint density at radius 2 is 1.62 bits per heavy atom. The molecular weight excluding hydrogens is 368 g/mol. The van der Waals surface area contributed by atoms with Gasteiger partial charge in [-0.05, 0) is 81.0 Å². The number of carbonyl (C=O) groups excluding carboxylic acids is 2. The second-order valence-corrected chi connectivity index (χ2v) is 8.89. The molecule has 0 aliphatic carbocycles. The van der Waals surface area contributed by atoms with Gasteiger partial charge in [0, 0.05) is 5.56 Å². The van der Waals surface area contributed by atoms with Crippen LogP contribution in [0.5, 0.6) is 11.5 Å². The van der Waals surface area contributed by atoms with Gasteiger partial charge in [-0.3, -0.25) is 0 Å². The molecule has 2 aromatic rings. The molecule has 0 aromatic heterocycles. The van der Waals surface area contributed by atoms with Crippen molar-refractivity contribution >= 4 is 11.9 Å². The molecule has 0 N–H and O–H groups in total. The number of ether oxygens (including phenoxy) is 3. The Hall–Kier alpha value is -2.82. The summed E-state index contributed by atoms with van der Waals surface area (Å²) in [6, 6.07) is 8.24. The summed E-state index contributed by atoms with van der Waals surface area (Å²) in [5.74, 6) is 0.347. The van der Waals surface area contributed by atoms with E-state index in [9.17, 15) is 9.59 Å². The molecule has 0 spiro atoms. The normalized spacial score (nSPS) is 16.4. The number of hydrogen-bond donors (Lipinski definition) is 0. The van der Waals surface area contributed by atoms with Gasteiger partial charge < -0.3 is 14.2 Å². The fraction of sp³-hybridized carbons (Fsp3) is 0.417. The molecule has 5 heteroatoms. The molecule has 0 atom stereocenters. The predicted octanol–water partition coefficient (Wildman–Crippen LogP) is 5.15. The van der Waals surface area contributed by atoms with Crippen molar-refractivity contribution in [3.63, 3.8) is 0 Å². The van der Waals surface area contributed by atoms with E-state index >= 15 is 0 Å². The van der Waals surface area contributed by atoms with Gasteiger partial charge in [-0.2, -0.15) is 0 Å². The molecule has 0 bridgehead atoms. The van der Waals surface area contributed by atoms with Crippen molar-refractivity contribution in [3.05, 3.63) is 58.1 Å². The summed E-state index contributed by atoms with van der Waals surface area (Å²) in [6.45, 7) is 12.4. The van der Waals surface area contributed by atoms with E-state index in [1.54, 1.807) is 24.3 Å². The number of methoxy groups -OCH3 is 1. The fourth-order valence-corrected chi connectivity index (χ4v) is 4.60. The molecule has 1 aliphatic rings. The summed E-state index contributed by atoms with van der Waals surface area (Å²) in [7, 11) is 1.32. The Bertz CT molecular complexity index is 968. The van der Waals surface area contributed by atoms with Gasteiger partial charge in [-0.15, -0.1) is 0 Å². The second-order valence-electron chi connectivity index (χ2n) is 8.89. The van der Waals surface area contributed by atoms with Crippen molar-refractivity contribution in [2.75, 3.05) is 7.11 Å². The number of benzene rings is 2. The van der Waals surface area contributed by atoms with Gasteiger partial charge >= 0.3 is 11.9 Å². The van der Waals surface area contributed by atoms with Crippen LogP contribution < -0.4 is 9.47 Å². The second kappa shape index (κ2) is 7.21. The Balaban J connectivity index is 1.95. The minimum atomic E-state index is -0.436. The van der Waals surface area contributed by atoms with Crippen LogP contribution in [0.15, 0.2) is 30.3 Å². The van der Waals surface area contributed by atoms with Crippen LogP contribution in [0, 0.1) is 13.8 Å². The van der Waals surface area contributed by atoms with Gasteiger partial charge in [0.2, 0.25) is 0 Å². The molecule has 0 radical (unpaired) electrons. The molecule has 0 saturated heterocycles. The van der Waals surface area contributed by atoms with Crippen LogP contribution >= 0.6 is 0 Å². The lowest BCUT2D eigenvalue weighted by atomic mass is 9.71. The van der Waals surface area contributed by atoms with E-state index in [1.807, 2.05) is 19.9 Å². The molecule has 1 heterocycles. The van der Waals surface area contributed by atoms with Crippen LogP contribution in [0.2, 0.25) is 0 Å². The minimum Gasteiger partial charge on any atom is -0.488 e. The lowest BCUT2D eigenvalue weighted by Crippen LogP contribution is -2.42. The molecule has 1 aliphatic heterocycles. The molecule has 3 rings (SSSR count). The summed E-state index contributed by atoms with van der Waals surface area (Å²) in [5, 5.41) is 0. The van der Waals surface area contributed by atoms with Gasteiger partial charge in [-0.25, -0.2) is 9.59 Å². The van der Waals surface area contributed by atoms with Crippen molar-refractivity contribution in [1.82, 2.24) is 0 Å². The van der Waals surface area contributed by atoms with E-state index in [0.29, 0.717) is 16.9 Å². The van der Waals surface area contributed by atoms with E-state index in [2.05, 4.69) is 32.4 Å². The van der Waals surface area contributed by atoms with Gasteiger partial charge in [-0.1, -0.05) is 13.8 Å². The third kappa shape index (κ3) is 4.00. The number of aryl methyl sites for hydroxylation is 1. The molecule has 154 valence electrons. The molecule has 0 unspecified atom stereocenters. The highest BCUT2D eigenvalue weighted by Gasteiger charge is 2.41. The SMILES string of the molecule is COC(=O)c1ccc(OC(=O)c2c(C)cc3c(c2C)C(C)(C)CC(C)(C)O3)cc1. The highest BCUT2D eigenvalue weighted by molar-refractivity contribution is 5.95. The van der Waals surface area contributed by atoms with Crippen molar-refractivity contribution in [3.8, 4) is 11.5 Å². The van der Waals surface area contributed by atoms with Crippen molar-refractivity contribution < 1.29 is 23.8 Å². The van der Waals surface area contributed by atoms with Crippen LogP contribution in [0.3, 0.4) is 0 Å². The summed E-state index contributed by atoms with van der Waals surface area (Å²) >= 11 is 0. The highest BCUT2D eigenvalue weighted by atomic mass is 16.5. The molecule has 29 heavy (non-hydrogen) atoms. The van der Waals surface area contributed by atoms with Crippen LogP contribution in [-0.4, -0.2) is 24.6 Å². The van der Waals surface area contributed by atoms with Crippen LogP contribution in [0.4, 0.5) is 0 Å². The zero-order valence-electron chi connectivity index (χ0n) is 18.1. The lowest BCUT2D eigenvalue weighted by Gasteiger charge is -2.43. The van der Waals surface area contributed by atoms with Gasteiger partial charge in [0.1, 0.15) is 17.1 Å². The van der Waals surface area contributed by atoms with E-state index in [0.717, 1.165) is 28.9 Å². The summed E-state index contributed by atoms with van der Waals surface area (Å²) < 4.78 is 16.5. The number of fused-ring (bicyclic) bond motifs is 1. The third-order valence-corrected chi connectivity index (χ3v) is 5.36. The number of carbonyl (C=O) groups is 2. The van der Waals surface area contributed by atoms with E-state index in [-0.39, 0.29) is 11.0 Å². The van der Waals surface area contributed by atoms with E-state index < -0.39 is 11.9 Å². The standard InChI is InChI=1S/C24H28O5/c1-14-12-18-20(23(3,4)13-24(5,6)29-18)15(2)19(14)22(26)28-17-10-8-16(9-11-17)21(25)27-7/h8-12H,13H2,1-7H3. The Morgan fingerprint density at radius 3 is 2.21 bits per heavy atom. The number of esters is 2. The van der Waals surface area contributed by atoms with E-state index in [1.165, 1.54) is 7.11 Å². The van der Waals surface area contributed by atoms with Crippen molar-refractivity contribution in [2.24, 2.45) is 0 Å². The molecule has 0 fully saturated rings. The molecular formula is C24H28O5. The first kappa shape index (κ1) is 20.9. The topological polar surface area (TPSA) is 61.8 Å². The Kier molecular flexibility index (Phi) is 5.20. The maximum atomic E-state index is 13.0. The average Bonchev–Trinajstić information content (AvgIpc) is 2.58. The summed E-state index contributed by atoms with van der Waals surface area (Å²) in [4.78, 5) is 24.6. The van der Waals surface area contributed by atoms with Crippen LogP contribution in [-0.2, 0) is 10.2 Å². The zero-order valence-corrected chi connectivity index (χ0v) is 18.1. The molecule has 5 nitrogen and oxygen atoms in total. The maximum Gasteiger partial charge on any atom is 0.344 e. The quantitative estimate of drug-likeness (QED) is 0.530. The van der Waals surface area contributed by atoms with Gasteiger partial charge in [0.15, 0.2) is 0 Å². The van der Waals surface area contributed by atoms with Crippen molar-refractivity contribution in [1.29, 1.82) is 0 Å². The first-order valence-corrected chi connectivity index (χ1v) is 9.69. The lowest BCUT2D eigenvalue weighted by molar-refractivity contribution is 0.0527. The third-order valence-electron chi connectivity index (χ3n) is 5.36. The fourth-order valence-electron chi connectivity index (χ4n) is 4.60. The first-order chi connectivity index (χ1) is 13.4. The Morgan fingerprint density at radius 1 is 1.00 bits per heavy atom. The first-order valence-electron chi connectivity index (χ1n) is 9.69. The molecule has 2 aromatic carbocycles. The zero-order chi connectivity index (χ0) is 21.6. The predicted molar refractivity (Wildman–Crippen MR) is 111 cm³/mol. The smallest absolute Gasteiger partial charge is 0.344 e.